The summed E-state index contributed by atoms with van der Waals surface area (Å²) >= 11 is 0. The molecule has 0 aromatic carbocycles. The third-order valence-electron chi connectivity index (χ3n) is 3.58. The minimum absolute atomic E-state index is 0. The van der Waals surface area contributed by atoms with E-state index in [4.69, 9.17) is 14.1 Å². The van der Waals surface area contributed by atoms with E-state index in [0.29, 0.717) is 24.2 Å². The molecule has 106 valence electrons. The quantitative estimate of drug-likeness (QED) is 0.789. The van der Waals surface area contributed by atoms with Gasteiger partial charge in [0.15, 0.2) is 12.4 Å². The van der Waals surface area contributed by atoms with Gasteiger partial charge in [-0.25, -0.2) is 0 Å². The molecule has 4 rings (SSSR count). The van der Waals surface area contributed by atoms with Crippen LogP contribution < -0.4 is 4.74 Å². The van der Waals surface area contributed by atoms with Crippen molar-refractivity contribution >= 4 is 18.1 Å². The molecule has 0 aliphatic carbocycles. The summed E-state index contributed by atoms with van der Waals surface area (Å²) in [6, 6.07) is 1.71. The van der Waals surface area contributed by atoms with Crippen LogP contribution in [0.5, 0.6) is 5.88 Å². The van der Waals surface area contributed by atoms with E-state index in [2.05, 4.69) is 15.2 Å². The van der Waals surface area contributed by atoms with Gasteiger partial charge in [-0.3, -0.25) is 4.90 Å². The van der Waals surface area contributed by atoms with Gasteiger partial charge in [0.25, 0.3) is 5.88 Å². The second-order valence-corrected chi connectivity index (χ2v) is 4.74. The number of piperidine rings is 3. The highest BCUT2D eigenvalue weighted by atomic mass is 35.5. The predicted octanol–water partition coefficient (Wildman–Crippen LogP) is 1.70. The van der Waals surface area contributed by atoms with Crippen molar-refractivity contribution in [3.05, 3.63) is 11.8 Å². The number of aromatic nitrogens is 1. The van der Waals surface area contributed by atoms with Crippen molar-refractivity contribution in [1.29, 1.82) is 0 Å². The van der Waals surface area contributed by atoms with Crippen LogP contribution in [-0.4, -0.2) is 42.5 Å². The van der Waals surface area contributed by atoms with Crippen molar-refractivity contribution in [2.75, 3.05) is 26.7 Å². The van der Waals surface area contributed by atoms with Crippen LogP contribution >= 0.6 is 12.4 Å². The lowest BCUT2D eigenvalue weighted by Gasteiger charge is -2.39. The Morgan fingerprint density at radius 1 is 1.47 bits per heavy atom. The van der Waals surface area contributed by atoms with E-state index in [1.54, 1.807) is 13.2 Å². The first-order valence-corrected chi connectivity index (χ1v) is 6.26. The van der Waals surface area contributed by atoms with Gasteiger partial charge in [-0.2, -0.15) is 0 Å². The molecule has 4 heterocycles. The standard InChI is InChI=1S/C12H17N3O3.ClH/c1-16-12-6-10(18-14-12)8-17-13-11-7-15-4-2-9(11)3-5-15;/h6,9H,2-5,7-8H2,1H3;1H. The first-order valence-electron chi connectivity index (χ1n) is 6.26. The maximum absolute atomic E-state index is 5.34. The molecule has 3 saturated heterocycles. The van der Waals surface area contributed by atoms with E-state index in [-0.39, 0.29) is 12.4 Å². The topological polar surface area (TPSA) is 60.1 Å². The zero-order chi connectivity index (χ0) is 12.4. The molecule has 3 aliphatic rings. The van der Waals surface area contributed by atoms with Gasteiger partial charge in [0.05, 0.1) is 12.8 Å². The molecule has 0 amide bonds. The van der Waals surface area contributed by atoms with E-state index in [9.17, 15) is 0 Å². The summed E-state index contributed by atoms with van der Waals surface area (Å²) in [5, 5.41) is 7.95. The molecule has 0 radical (unpaired) electrons. The minimum Gasteiger partial charge on any atom is -0.479 e. The van der Waals surface area contributed by atoms with Crippen LogP contribution in [0.3, 0.4) is 0 Å². The van der Waals surface area contributed by atoms with Gasteiger partial charge in [0.1, 0.15) is 0 Å². The lowest BCUT2D eigenvalue weighted by molar-refractivity contribution is 0.0999. The van der Waals surface area contributed by atoms with E-state index in [1.807, 2.05) is 0 Å². The number of rotatable bonds is 4. The number of hydrogen-bond donors (Lipinski definition) is 0. The Morgan fingerprint density at radius 3 is 2.84 bits per heavy atom. The summed E-state index contributed by atoms with van der Waals surface area (Å²) in [4.78, 5) is 7.76. The number of nitrogens with zero attached hydrogens (tertiary/aromatic N) is 3. The molecule has 3 aliphatic heterocycles. The van der Waals surface area contributed by atoms with Gasteiger partial charge < -0.3 is 14.1 Å². The Balaban J connectivity index is 0.00000133. The van der Waals surface area contributed by atoms with Crippen LogP contribution in [0.25, 0.3) is 0 Å². The normalized spacial score (nSPS) is 27.1. The van der Waals surface area contributed by atoms with Gasteiger partial charge in [0, 0.05) is 18.5 Å². The maximum atomic E-state index is 5.34. The number of oxime groups is 1. The molecule has 6 nitrogen and oxygen atoms in total. The minimum atomic E-state index is 0. The van der Waals surface area contributed by atoms with Crippen LogP contribution in [0, 0.1) is 5.92 Å². The Bertz CT molecular complexity index is 441. The Kier molecular flexibility index (Phi) is 4.66. The molecule has 1 aromatic heterocycles. The molecule has 0 unspecified atom stereocenters. The number of hydrogen-bond acceptors (Lipinski definition) is 6. The van der Waals surface area contributed by atoms with Crippen molar-refractivity contribution in [3.8, 4) is 5.88 Å². The van der Waals surface area contributed by atoms with Gasteiger partial charge in [-0.1, -0.05) is 5.16 Å². The summed E-state index contributed by atoms with van der Waals surface area (Å²) in [6.07, 6.45) is 2.41. The molecule has 19 heavy (non-hydrogen) atoms. The van der Waals surface area contributed by atoms with Crippen LogP contribution in [0.2, 0.25) is 0 Å². The molecule has 3 fully saturated rings. The summed E-state index contributed by atoms with van der Waals surface area (Å²) < 4.78 is 9.96. The zero-order valence-electron chi connectivity index (χ0n) is 10.9. The highest BCUT2D eigenvalue weighted by molar-refractivity contribution is 5.89. The van der Waals surface area contributed by atoms with Gasteiger partial charge in [-0.15, -0.1) is 12.4 Å². The van der Waals surface area contributed by atoms with E-state index >= 15 is 0 Å². The van der Waals surface area contributed by atoms with Crippen LogP contribution in [0.4, 0.5) is 0 Å². The summed E-state index contributed by atoms with van der Waals surface area (Å²) in [6.45, 7) is 3.64. The second kappa shape index (κ2) is 6.25. The summed E-state index contributed by atoms with van der Waals surface area (Å²) in [7, 11) is 1.55. The number of ether oxygens (including phenoxy) is 1. The summed E-state index contributed by atoms with van der Waals surface area (Å²) in [5.74, 6) is 1.70. The predicted molar refractivity (Wildman–Crippen MR) is 71.7 cm³/mol. The molecule has 2 bridgehead atoms. The number of fused-ring (bicyclic) bond motifs is 3. The zero-order valence-corrected chi connectivity index (χ0v) is 11.7. The van der Waals surface area contributed by atoms with E-state index < -0.39 is 0 Å². The van der Waals surface area contributed by atoms with Crippen molar-refractivity contribution < 1.29 is 14.1 Å². The first kappa shape index (κ1) is 14.1. The monoisotopic (exact) mass is 287 g/mol. The molecule has 0 N–H and O–H groups in total. The largest absolute Gasteiger partial charge is 0.479 e. The SMILES string of the molecule is COc1cc(CON=C2CN3CCC2CC3)on1.Cl. The second-order valence-electron chi connectivity index (χ2n) is 4.74. The van der Waals surface area contributed by atoms with Gasteiger partial charge in [-0.05, 0) is 31.1 Å². The molecular formula is C12H18ClN3O3. The maximum Gasteiger partial charge on any atom is 0.254 e. The first-order chi connectivity index (χ1) is 8.85. The Morgan fingerprint density at radius 2 is 2.26 bits per heavy atom. The lowest BCUT2D eigenvalue weighted by atomic mass is 9.87. The third kappa shape index (κ3) is 3.19. The van der Waals surface area contributed by atoms with E-state index in [0.717, 1.165) is 6.54 Å². The third-order valence-corrected chi connectivity index (χ3v) is 3.58. The van der Waals surface area contributed by atoms with Gasteiger partial charge in [0.2, 0.25) is 0 Å². The van der Waals surface area contributed by atoms with Gasteiger partial charge >= 0.3 is 0 Å². The molecule has 0 spiro atoms. The lowest BCUT2D eigenvalue weighted by Crippen LogP contribution is -2.47. The summed E-state index contributed by atoms with van der Waals surface area (Å²) in [5.41, 5.74) is 1.17. The smallest absolute Gasteiger partial charge is 0.254 e. The van der Waals surface area contributed by atoms with Crippen LogP contribution in [0.1, 0.15) is 18.6 Å². The number of methoxy groups -OCH3 is 1. The molecule has 1 aromatic rings. The average Bonchev–Trinajstić information content (AvgIpc) is 2.88. The van der Waals surface area contributed by atoms with Crippen LogP contribution in [0.15, 0.2) is 15.7 Å². The fourth-order valence-electron chi connectivity index (χ4n) is 2.52. The van der Waals surface area contributed by atoms with Crippen molar-refractivity contribution in [1.82, 2.24) is 10.1 Å². The fourth-order valence-corrected chi connectivity index (χ4v) is 2.52. The fraction of sp³-hybridized carbons (Fsp3) is 0.667. The molecular weight excluding hydrogens is 270 g/mol. The Labute approximate surface area is 118 Å². The molecule has 0 saturated carbocycles. The van der Waals surface area contributed by atoms with Crippen LogP contribution in [-0.2, 0) is 11.4 Å². The highest BCUT2D eigenvalue weighted by Crippen LogP contribution is 2.25. The highest BCUT2D eigenvalue weighted by Gasteiger charge is 2.31. The average molecular weight is 288 g/mol. The Hall–Kier alpha value is -1.27. The molecule has 7 heteroatoms. The number of halogens is 1. The van der Waals surface area contributed by atoms with Crippen molar-refractivity contribution in [2.24, 2.45) is 11.1 Å². The van der Waals surface area contributed by atoms with Crippen molar-refractivity contribution in [2.45, 2.75) is 19.4 Å². The van der Waals surface area contributed by atoms with Crippen molar-refractivity contribution in [3.63, 3.8) is 0 Å². The van der Waals surface area contributed by atoms with E-state index in [1.165, 1.54) is 31.6 Å². The molecule has 0 atom stereocenters.